The first-order chi connectivity index (χ1) is 14.0. The molecule has 0 saturated heterocycles. The molecule has 0 aliphatic carbocycles. The van der Waals surface area contributed by atoms with E-state index in [-0.39, 0.29) is 12.3 Å². The van der Waals surface area contributed by atoms with E-state index in [1.165, 1.54) is 0 Å². The molecule has 29 heavy (non-hydrogen) atoms. The highest BCUT2D eigenvalue weighted by molar-refractivity contribution is 5.82. The van der Waals surface area contributed by atoms with E-state index in [4.69, 9.17) is 13.9 Å². The van der Waals surface area contributed by atoms with Crippen molar-refractivity contribution in [2.45, 2.75) is 26.2 Å². The molecule has 1 N–H and O–H groups in total. The standard InChI is InChI=1S/C23H25NO5/c1-15-19-9-8-18(28-3)14-21(19)29-23(26)20(15)10-11-22(25)24-13-12-16-4-6-17(27-2)7-5-16/h4-9,14H,10-13H2,1-3H3,(H,24,25). The number of nitrogens with one attached hydrogen (secondary N) is 1. The van der Waals surface area contributed by atoms with E-state index >= 15 is 0 Å². The smallest absolute Gasteiger partial charge is 0.339 e. The lowest BCUT2D eigenvalue weighted by Gasteiger charge is -2.09. The first kappa shape index (κ1) is 20.5. The fourth-order valence-corrected chi connectivity index (χ4v) is 3.26. The highest BCUT2D eigenvalue weighted by Gasteiger charge is 2.13. The van der Waals surface area contributed by atoms with Gasteiger partial charge in [-0.05, 0) is 55.2 Å². The second-order valence-corrected chi connectivity index (χ2v) is 6.80. The Morgan fingerprint density at radius 2 is 1.69 bits per heavy atom. The Morgan fingerprint density at radius 1 is 1.00 bits per heavy atom. The minimum Gasteiger partial charge on any atom is -0.497 e. The molecular formula is C23H25NO5. The van der Waals surface area contributed by atoms with Crippen LogP contribution in [0.15, 0.2) is 51.7 Å². The fraction of sp³-hybridized carbons (Fsp3) is 0.304. The average Bonchev–Trinajstić information content (AvgIpc) is 2.73. The number of methoxy groups -OCH3 is 2. The molecule has 0 radical (unpaired) electrons. The van der Waals surface area contributed by atoms with Gasteiger partial charge in [-0.2, -0.15) is 0 Å². The minimum absolute atomic E-state index is 0.0906. The zero-order valence-electron chi connectivity index (χ0n) is 16.9. The Bertz CT molecular complexity index is 1050. The van der Waals surface area contributed by atoms with Gasteiger partial charge in [0.15, 0.2) is 0 Å². The molecule has 0 saturated carbocycles. The Morgan fingerprint density at radius 3 is 2.38 bits per heavy atom. The maximum absolute atomic E-state index is 12.4. The number of benzene rings is 2. The molecule has 3 aromatic rings. The number of carbonyl (C=O) groups is 1. The summed E-state index contributed by atoms with van der Waals surface area (Å²) in [5.41, 5.74) is 2.57. The summed E-state index contributed by atoms with van der Waals surface area (Å²) < 4.78 is 15.7. The summed E-state index contributed by atoms with van der Waals surface area (Å²) in [6.45, 7) is 2.42. The number of aryl methyl sites for hydroxylation is 1. The van der Waals surface area contributed by atoms with Gasteiger partial charge < -0.3 is 19.2 Å². The fourth-order valence-electron chi connectivity index (χ4n) is 3.26. The molecule has 152 valence electrons. The molecule has 0 bridgehead atoms. The maximum Gasteiger partial charge on any atom is 0.339 e. The monoisotopic (exact) mass is 395 g/mol. The topological polar surface area (TPSA) is 77.8 Å². The third-order valence-electron chi connectivity index (χ3n) is 4.99. The lowest BCUT2D eigenvalue weighted by molar-refractivity contribution is -0.121. The molecule has 0 spiro atoms. The summed E-state index contributed by atoms with van der Waals surface area (Å²) >= 11 is 0. The van der Waals surface area contributed by atoms with Crippen LogP contribution in [0.2, 0.25) is 0 Å². The molecule has 0 fully saturated rings. The van der Waals surface area contributed by atoms with Crippen molar-refractivity contribution in [2.24, 2.45) is 0 Å². The predicted octanol–water partition coefficient (Wildman–Crippen LogP) is 3.41. The second-order valence-electron chi connectivity index (χ2n) is 6.80. The highest BCUT2D eigenvalue weighted by Crippen LogP contribution is 2.24. The second kappa shape index (κ2) is 9.28. The number of hydrogen-bond acceptors (Lipinski definition) is 5. The van der Waals surface area contributed by atoms with Gasteiger partial charge in [0, 0.05) is 30.0 Å². The van der Waals surface area contributed by atoms with Gasteiger partial charge in [-0.1, -0.05) is 12.1 Å². The zero-order valence-corrected chi connectivity index (χ0v) is 16.9. The lowest BCUT2D eigenvalue weighted by atomic mass is 10.0. The summed E-state index contributed by atoms with van der Waals surface area (Å²) in [7, 11) is 3.19. The van der Waals surface area contributed by atoms with E-state index in [0.29, 0.717) is 29.9 Å². The Kier molecular flexibility index (Phi) is 6.54. The van der Waals surface area contributed by atoms with Crippen LogP contribution in [0, 0.1) is 6.92 Å². The minimum atomic E-state index is -0.408. The van der Waals surface area contributed by atoms with Gasteiger partial charge in [0.25, 0.3) is 0 Å². The van der Waals surface area contributed by atoms with E-state index in [0.717, 1.165) is 28.7 Å². The quantitative estimate of drug-likeness (QED) is 0.592. The highest BCUT2D eigenvalue weighted by atomic mass is 16.5. The number of rotatable bonds is 8. The van der Waals surface area contributed by atoms with E-state index < -0.39 is 5.63 Å². The molecule has 1 heterocycles. The van der Waals surface area contributed by atoms with Gasteiger partial charge in [0.05, 0.1) is 14.2 Å². The van der Waals surface area contributed by atoms with Crippen molar-refractivity contribution < 1.29 is 18.7 Å². The van der Waals surface area contributed by atoms with E-state index in [9.17, 15) is 9.59 Å². The van der Waals surface area contributed by atoms with Crippen molar-refractivity contribution >= 4 is 16.9 Å². The van der Waals surface area contributed by atoms with Crippen LogP contribution in [0.3, 0.4) is 0 Å². The van der Waals surface area contributed by atoms with Crippen LogP contribution in [-0.2, 0) is 17.6 Å². The molecule has 2 aromatic carbocycles. The van der Waals surface area contributed by atoms with Crippen LogP contribution in [-0.4, -0.2) is 26.7 Å². The molecular weight excluding hydrogens is 370 g/mol. The molecule has 0 unspecified atom stereocenters. The molecule has 6 heteroatoms. The van der Waals surface area contributed by atoms with Gasteiger partial charge in [-0.15, -0.1) is 0 Å². The van der Waals surface area contributed by atoms with Gasteiger partial charge in [-0.25, -0.2) is 4.79 Å². The largest absolute Gasteiger partial charge is 0.497 e. The average molecular weight is 395 g/mol. The molecule has 1 aromatic heterocycles. The summed E-state index contributed by atoms with van der Waals surface area (Å²) in [5, 5.41) is 3.75. The van der Waals surface area contributed by atoms with Crippen LogP contribution < -0.4 is 20.4 Å². The van der Waals surface area contributed by atoms with Gasteiger partial charge in [-0.3, -0.25) is 4.79 Å². The number of ether oxygens (including phenoxy) is 2. The Balaban J connectivity index is 1.58. The molecule has 0 atom stereocenters. The lowest BCUT2D eigenvalue weighted by Crippen LogP contribution is -2.26. The summed E-state index contributed by atoms with van der Waals surface area (Å²) in [5.74, 6) is 1.34. The SMILES string of the molecule is COc1ccc(CCNC(=O)CCc2c(C)c3ccc(OC)cc3oc2=O)cc1. The zero-order chi connectivity index (χ0) is 20.8. The molecule has 3 rings (SSSR count). The summed E-state index contributed by atoms with van der Waals surface area (Å²) in [6.07, 6.45) is 1.30. The normalized spacial score (nSPS) is 10.7. The van der Waals surface area contributed by atoms with Gasteiger partial charge in [0.2, 0.25) is 5.91 Å². The molecule has 1 amide bonds. The van der Waals surface area contributed by atoms with Gasteiger partial charge in [0.1, 0.15) is 17.1 Å². The first-order valence-electron chi connectivity index (χ1n) is 9.51. The van der Waals surface area contributed by atoms with Crippen molar-refractivity contribution in [3.63, 3.8) is 0 Å². The summed E-state index contributed by atoms with van der Waals surface area (Å²) in [4.78, 5) is 24.6. The predicted molar refractivity (Wildman–Crippen MR) is 112 cm³/mol. The van der Waals surface area contributed by atoms with Crippen LogP contribution in [0.4, 0.5) is 0 Å². The van der Waals surface area contributed by atoms with Crippen LogP contribution >= 0.6 is 0 Å². The van der Waals surface area contributed by atoms with Crippen molar-refractivity contribution in [3.05, 3.63) is 69.6 Å². The van der Waals surface area contributed by atoms with Crippen molar-refractivity contribution in [2.75, 3.05) is 20.8 Å². The van der Waals surface area contributed by atoms with Crippen LogP contribution in [0.1, 0.15) is 23.1 Å². The van der Waals surface area contributed by atoms with Crippen LogP contribution in [0.5, 0.6) is 11.5 Å². The number of amides is 1. The van der Waals surface area contributed by atoms with Crippen molar-refractivity contribution in [1.82, 2.24) is 5.32 Å². The van der Waals surface area contributed by atoms with E-state index in [1.807, 2.05) is 43.3 Å². The number of hydrogen-bond donors (Lipinski definition) is 1. The Labute approximate surface area is 169 Å². The van der Waals surface area contributed by atoms with E-state index in [1.54, 1.807) is 20.3 Å². The molecule has 0 aliphatic rings. The molecule has 6 nitrogen and oxygen atoms in total. The Hall–Kier alpha value is -3.28. The third kappa shape index (κ3) is 4.96. The maximum atomic E-state index is 12.4. The number of fused-ring (bicyclic) bond motifs is 1. The summed E-state index contributed by atoms with van der Waals surface area (Å²) in [6, 6.07) is 13.1. The van der Waals surface area contributed by atoms with Crippen LogP contribution in [0.25, 0.3) is 11.0 Å². The first-order valence-corrected chi connectivity index (χ1v) is 9.51. The number of carbonyl (C=O) groups excluding carboxylic acids is 1. The van der Waals surface area contributed by atoms with Gasteiger partial charge >= 0.3 is 5.63 Å². The van der Waals surface area contributed by atoms with E-state index in [2.05, 4.69) is 5.32 Å². The van der Waals surface area contributed by atoms with Crippen molar-refractivity contribution in [3.8, 4) is 11.5 Å². The molecule has 0 aliphatic heterocycles. The third-order valence-corrected chi connectivity index (χ3v) is 4.99. The van der Waals surface area contributed by atoms with Crippen molar-refractivity contribution in [1.29, 1.82) is 0 Å².